The molecule has 2 aromatic rings. The highest BCUT2D eigenvalue weighted by atomic mass is 79.9. The highest BCUT2D eigenvalue weighted by Crippen LogP contribution is 2.32. The summed E-state index contributed by atoms with van der Waals surface area (Å²) in [6.07, 6.45) is 0. The van der Waals surface area contributed by atoms with Crippen LogP contribution in [0.4, 0.5) is 0 Å². The highest BCUT2D eigenvalue weighted by Gasteiger charge is 2.11. The van der Waals surface area contributed by atoms with E-state index >= 15 is 0 Å². The minimum atomic E-state index is -0.0597. The summed E-state index contributed by atoms with van der Waals surface area (Å²) in [5.74, 6) is 0. The van der Waals surface area contributed by atoms with Crippen molar-refractivity contribution < 1.29 is 0 Å². The van der Waals surface area contributed by atoms with Crippen LogP contribution < -0.4 is 5.73 Å². The van der Waals surface area contributed by atoms with E-state index in [1.54, 1.807) is 0 Å². The average molecular weight is 298 g/mol. The van der Waals surface area contributed by atoms with Crippen LogP contribution in [0.2, 0.25) is 0 Å². The molecule has 1 aromatic carbocycles. The summed E-state index contributed by atoms with van der Waals surface area (Å²) in [5.41, 5.74) is 8.04. The van der Waals surface area contributed by atoms with Gasteiger partial charge in [0.05, 0.1) is 6.04 Å². The Morgan fingerprint density at radius 1 is 1.38 bits per heavy atom. The van der Waals surface area contributed by atoms with Gasteiger partial charge in [-0.05, 0) is 25.5 Å². The van der Waals surface area contributed by atoms with Crippen molar-refractivity contribution in [3.05, 3.63) is 33.2 Å². The van der Waals surface area contributed by atoms with Crippen LogP contribution in [0.1, 0.15) is 23.5 Å². The van der Waals surface area contributed by atoms with Crippen LogP contribution in [0.3, 0.4) is 0 Å². The largest absolute Gasteiger partial charge is 0.322 e. The number of benzene rings is 1. The molecule has 1 heterocycles. The summed E-state index contributed by atoms with van der Waals surface area (Å²) < 4.78 is 1.04. The molecule has 0 amide bonds. The van der Waals surface area contributed by atoms with E-state index in [0.717, 1.165) is 20.1 Å². The van der Waals surface area contributed by atoms with Gasteiger partial charge in [0.25, 0.3) is 0 Å². The van der Waals surface area contributed by atoms with Crippen molar-refractivity contribution in [2.45, 2.75) is 19.9 Å². The zero-order chi connectivity index (χ0) is 11.7. The molecule has 1 unspecified atom stereocenters. The molecule has 3 nitrogen and oxygen atoms in total. The summed E-state index contributed by atoms with van der Waals surface area (Å²) >= 11 is 5.07. The molecule has 0 saturated heterocycles. The van der Waals surface area contributed by atoms with Gasteiger partial charge in [0.1, 0.15) is 10.0 Å². The minimum absolute atomic E-state index is 0.0597. The second-order valence-electron chi connectivity index (χ2n) is 3.72. The third kappa shape index (κ3) is 2.31. The molecular formula is C11H12BrN3S. The maximum atomic E-state index is 5.76. The molecule has 0 radical (unpaired) electrons. The zero-order valence-corrected chi connectivity index (χ0v) is 11.5. The second kappa shape index (κ2) is 4.61. The van der Waals surface area contributed by atoms with Gasteiger partial charge in [-0.25, -0.2) is 0 Å². The fourth-order valence-corrected chi connectivity index (χ4v) is 2.97. The number of nitrogens with two attached hydrogens (primary N) is 1. The Morgan fingerprint density at radius 2 is 2.12 bits per heavy atom. The molecule has 1 aromatic heterocycles. The summed E-state index contributed by atoms with van der Waals surface area (Å²) in [7, 11) is 0. The smallest absolute Gasteiger partial charge is 0.148 e. The molecule has 5 heteroatoms. The van der Waals surface area contributed by atoms with Crippen LogP contribution in [-0.4, -0.2) is 10.2 Å². The van der Waals surface area contributed by atoms with Gasteiger partial charge in [0, 0.05) is 10.0 Å². The maximum Gasteiger partial charge on any atom is 0.148 e. The van der Waals surface area contributed by atoms with Gasteiger partial charge in [0.15, 0.2) is 0 Å². The predicted molar refractivity (Wildman–Crippen MR) is 70.4 cm³/mol. The Bertz CT molecular complexity index is 508. The Hall–Kier alpha value is -0.780. The number of rotatable bonds is 2. The predicted octanol–water partition coefficient (Wildman–Crippen LogP) is 3.30. The number of nitrogens with zero attached hydrogens (tertiary/aromatic N) is 2. The molecule has 16 heavy (non-hydrogen) atoms. The lowest BCUT2D eigenvalue weighted by atomic mass is 10.2. The van der Waals surface area contributed by atoms with Gasteiger partial charge in [-0.3, -0.25) is 0 Å². The number of hydrogen-bond acceptors (Lipinski definition) is 4. The van der Waals surface area contributed by atoms with E-state index in [-0.39, 0.29) is 6.04 Å². The standard InChI is InChI=1S/C11H12BrN3S/c1-6-3-4-8(9(12)5-6)11-15-14-10(16-11)7(2)13/h3-5,7H,13H2,1-2H3. The molecule has 0 spiro atoms. The van der Waals surface area contributed by atoms with Crippen molar-refractivity contribution in [3.8, 4) is 10.6 Å². The Kier molecular flexibility index (Phi) is 3.37. The Balaban J connectivity index is 2.42. The summed E-state index contributed by atoms with van der Waals surface area (Å²) in [6.45, 7) is 3.97. The second-order valence-corrected chi connectivity index (χ2v) is 5.58. The number of hydrogen-bond donors (Lipinski definition) is 1. The van der Waals surface area contributed by atoms with E-state index in [9.17, 15) is 0 Å². The van der Waals surface area contributed by atoms with E-state index in [1.807, 2.05) is 13.0 Å². The molecule has 2 N–H and O–H groups in total. The molecular weight excluding hydrogens is 286 g/mol. The van der Waals surface area contributed by atoms with Crippen LogP contribution in [0.5, 0.6) is 0 Å². The van der Waals surface area contributed by atoms with Crippen molar-refractivity contribution >= 4 is 27.3 Å². The van der Waals surface area contributed by atoms with E-state index in [0.29, 0.717) is 0 Å². The summed E-state index contributed by atoms with van der Waals surface area (Å²) in [6, 6.07) is 6.12. The average Bonchev–Trinajstić information content (AvgIpc) is 2.66. The quantitative estimate of drug-likeness (QED) is 0.925. The number of aryl methyl sites for hydroxylation is 1. The van der Waals surface area contributed by atoms with Crippen LogP contribution in [0, 0.1) is 6.92 Å². The first-order chi connectivity index (χ1) is 7.58. The van der Waals surface area contributed by atoms with Gasteiger partial charge in [-0.15, -0.1) is 10.2 Å². The molecule has 0 aliphatic heterocycles. The van der Waals surface area contributed by atoms with Crippen LogP contribution in [0.15, 0.2) is 22.7 Å². The van der Waals surface area contributed by atoms with Crippen molar-refractivity contribution in [3.63, 3.8) is 0 Å². The lowest BCUT2D eigenvalue weighted by molar-refractivity contribution is 0.786. The number of aromatic nitrogens is 2. The molecule has 84 valence electrons. The topological polar surface area (TPSA) is 51.8 Å². The molecule has 0 saturated carbocycles. The van der Waals surface area contributed by atoms with Gasteiger partial charge < -0.3 is 5.73 Å². The Labute approximate surface area is 107 Å². The van der Waals surface area contributed by atoms with Crippen molar-refractivity contribution in [2.75, 3.05) is 0 Å². The van der Waals surface area contributed by atoms with Crippen molar-refractivity contribution in [1.29, 1.82) is 0 Å². The lowest BCUT2D eigenvalue weighted by Crippen LogP contribution is -2.03. The molecule has 0 aliphatic carbocycles. The third-order valence-corrected chi connectivity index (χ3v) is 4.00. The first-order valence-electron chi connectivity index (χ1n) is 4.93. The number of halogens is 1. The molecule has 0 aliphatic rings. The normalized spacial score (nSPS) is 12.8. The molecule has 0 bridgehead atoms. The highest BCUT2D eigenvalue weighted by molar-refractivity contribution is 9.10. The van der Waals surface area contributed by atoms with E-state index in [4.69, 9.17) is 5.73 Å². The van der Waals surface area contributed by atoms with E-state index in [1.165, 1.54) is 16.9 Å². The summed E-state index contributed by atoms with van der Waals surface area (Å²) in [4.78, 5) is 0. The van der Waals surface area contributed by atoms with Crippen LogP contribution >= 0.6 is 27.3 Å². The monoisotopic (exact) mass is 297 g/mol. The zero-order valence-electron chi connectivity index (χ0n) is 9.07. The lowest BCUT2D eigenvalue weighted by Gasteiger charge is -2.01. The molecule has 1 atom stereocenters. The van der Waals surface area contributed by atoms with Crippen molar-refractivity contribution in [1.82, 2.24) is 10.2 Å². The van der Waals surface area contributed by atoms with Crippen LogP contribution in [0.25, 0.3) is 10.6 Å². The first-order valence-corrected chi connectivity index (χ1v) is 6.54. The third-order valence-electron chi connectivity index (χ3n) is 2.19. The molecule has 0 fully saturated rings. The fourth-order valence-electron chi connectivity index (χ4n) is 1.32. The van der Waals surface area contributed by atoms with Gasteiger partial charge in [-0.2, -0.15) is 0 Å². The van der Waals surface area contributed by atoms with E-state index < -0.39 is 0 Å². The first kappa shape index (κ1) is 11.7. The van der Waals surface area contributed by atoms with Gasteiger partial charge in [0.2, 0.25) is 0 Å². The molecule has 2 rings (SSSR count). The Morgan fingerprint density at radius 3 is 2.69 bits per heavy atom. The SMILES string of the molecule is Cc1ccc(-c2nnc(C(C)N)s2)c(Br)c1. The fraction of sp³-hybridized carbons (Fsp3) is 0.273. The van der Waals surface area contributed by atoms with Crippen LogP contribution in [-0.2, 0) is 0 Å². The maximum absolute atomic E-state index is 5.76. The van der Waals surface area contributed by atoms with Gasteiger partial charge >= 0.3 is 0 Å². The van der Waals surface area contributed by atoms with Gasteiger partial charge in [-0.1, -0.05) is 39.4 Å². The summed E-state index contributed by atoms with van der Waals surface area (Å²) in [5, 5.41) is 10.0. The van der Waals surface area contributed by atoms with Crippen molar-refractivity contribution in [2.24, 2.45) is 5.73 Å². The van der Waals surface area contributed by atoms with E-state index in [2.05, 4.69) is 45.2 Å². The minimum Gasteiger partial charge on any atom is -0.322 e.